The first-order valence-corrected chi connectivity index (χ1v) is 6.04. The Bertz CT molecular complexity index is 509. The lowest BCUT2D eigenvalue weighted by molar-refractivity contribution is 0.873. The molecule has 0 radical (unpaired) electrons. The maximum Gasteiger partial charge on any atom is 0.141 e. The van der Waals surface area contributed by atoms with Crippen LogP contribution in [0.4, 0.5) is 11.5 Å². The topological polar surface area (TPSA) is 79.6 Å². The number of anilines is 2. The summed E-state index contributed by atoms with van der Waals surface area (Å²) >= 11 is 3.49. The van der Waals surface area contributed by atoms with Gasteiger partial charge < -0.3 is 11.1 Å². The molecule has 2 rings (SSSR count). The van der Waals surface area contributed by atoms with Crippen molar-refractivity contribution in [3.8, 4) is 0 Å². The van der Waals surface area contributed by atoms with Crippen molar-refractivity contribution in [3.05, 3.63) is 34.2 Å². The van der Waals surface area contributed by atoms with Crippen LogP contribution in [0, 0.1) is 6.92 Å². The van der Waals surface area contributed by atoms with Crippen molar-refractivity contribution in [2.45, 2.75) is 19.9 Å². The molecule has 0 amide bonds. The van der Waals surface area contributed by atoms with Crippen LogP contribution >= 0.6 is 15.9 Å². The summed E-state index contributed by atoms with van der Waals surface area (Å²) < 4.78 is 0.896. The van der Waals surface area contributed by atoms with Crippen LogP contribution in [0.15, 0.2) is 23.1 Å². The van der Waals surface area contributed by atoms with E-state index in [9.17, 15) is 0 Å². The molecule has 0 fully saturated rings. The molecule has 2 heterocycles. The second-order valence-corrected chi connectivity index (χ2v) is 4.69. The van der Waals surface area contributed by atoms with Crippen molar-refractivity contribution in [2.75, 3.05) is 11.1 Å². The molecule has 0 spiro atoms. The number of halogens is 1. The van der Waals surface area contributed by atoms with Crippen molar-refractivity contribution in [1.29, 1.82) is 0 Å². The maximum absolute atomic E-state index is 5.78. The van der Waals surface area contributed by atoms with E-state index in [0.29, 0.717) is 5.69 Å². The highest BCUT2D eigenvalue weighted by atomic mass is 79.9. The van der Waals surface area contributed by atoms with E-state index in [4.69, 9.17) is 5.73 Å². The number of hydrogen-bond acceptors (Lipinski definition) is 4. The number of H-pyrrole nitrogens is 1. The van der Waals surface area contributed by atoms with Gasteiger partial charge >= 0.3 is 0 Å². The van der Waals surface area contributed by atoms with Gasteiger partial charge in [-0.05, 0) is 35.3 Å². The number of nitrogens with one attached hydrogen (secondary N) is 2. The number of nitrogens with two attached hydrogens (primary N) is 1. The van der Waals surface area contributed by atoms with E-state index in [0.717, 1.165) is 21.4 Å². The number of nitrogen functional groups attached to an aromatic ring is 1. The number of pyridine rings is 1. The average molecular weight is 296 g/mol. The van der Waals surface area contributed by atoms with Gasteiger partial charge in [-0.3, -0.25) is 5.10 Å². The van der Waals surface area contributed by atoms with Gasteiger partial charge in [-0.15, -0.1) is 0 Å². The Morgan fingerprint density at radius 3 is 2.88 bits per heavy atom. The number of aromatic nitrogens is 3. The van der Waals surface area contributed by atoms with Gasteiger partial charge in [0.2, 0.25) is 0 Å². The summed E-state index contributed by atoms with van der Waals surface area (Å²) in [6.45, 7) is 4.00. The van der Waals surface area contributed by atoms with E-state index in [1.54, 1.807) is 12.4 Å². The Morgan fingerprint density at radius 1 is 1.47 bits per heavy atom. The average Bonchev–Trinajstić information content (AvgIpc) is 2.83. The molecule has 2 aromatic heterocycles. The molecule has 2 aromatic rings. The fourth-order valence-electron chi connectivity index (χ4n) is 1.48. The Hall–Kier alpha value is -1.56. The van der Waals surface area contributed by atoms with E-state index >= 15 is 0 Å². The minimum atomic E-state index is 0.126. The molecule has 1 atom stereocenters. The third kappa shape index (κ3) is 2.41. The van der Waals surface area contributed by atoms with Crippen LogP contribution in [-0.2, 0) is 0 Å². The van der Waals surface area contributed by atoms with Gasteiger partial charge in [0.1, 0.15) is 5.82 Å². The standard InChI is InChI=1S/C11H14BrN5/c1-6-9(13)5-14-11(10(6)12)17-7(2)8-3-15-16-4-8/h3-5,7H,13H2,1-2H3,(H,14,17)(H,15,16). The molecule has 0 aliphatic carbocycles. The summed E-state index contributed by atoms with van der Waals surface area (Å²) in [6, 6.07) is 0.126. The van der Waals surface area contributed by atoms with Crippen molar-refractivity contribution in [1.82, 2.24) is 15.2 Å². The Kier molecular flexibility index (Phi) is 3.33. The summed E-state index contributed by atoms with van der Waals surface area (Å²) in [5, 5.41) is 10.0. The Balaban J connectivity index is 2.22. The van der Waals surface area contributed by atoms with E-state index in [1.807, 2.05) is 20.0 Å². The molecule has 0 saturated heterocycles. The van der Waals surface area contributed by atoms with Crippen molar-refractivity contribution in [3.63, 3.8) is 0 Å². The number of nitrogens with zero attached hydrogens (tertiary/aromatic N) is 2. The van der Waals surface area contributed by atoms with E-state index < -0.39 is 0 Å². The van der Waals surface area contributed by atoms with Crippen molar-refractivity contribution >= 4 is 27.4 Å². The molecule has 6 heteroatoms. The first-order valence-electron chi connectivity index (χ1n) is 5.25. The van der Waals surface area contributed by atoms with Crippen molar-refractivity contribution < 1.29 is 0 Å². The van der Waals surface area contributed by atoms with Crippen LogP contribution in [0.3, 0.4) is 0 Å². The fraction of sp³-hybridized carbons (Fsp3) is 0.273. The quantitative estimate of drug-likeness (QED) is 0.813. The van der Waals surface area contributed by atoms with Gasteiger partial charge in [-0.25, -0.2) is 4.98 Å². The highest BCUT2D eigenvalue weighted by Gasteiger charge is 2.11. The van der Waals surface area contributed by atoms with E-state index in [-0.39, 0.29) is 6.04 Å². The fourth-order valence-corrected chi connectivity index (χ4v) is 1.92. The lowest BCUT2D eigenvalue weighted by Gasteiger charge is -2.15. The zero-order valence-electron chi connectivity index (χ0n) is 9.66. The summed E-state index contributed by atoms with van der Waals surface area (Å²) in [6.07, 6.45) is 5.30. The van der Waals surface area contributed by atoms with Gasteiger partial charge in [0.05, 0.1) is 28.6 Å². The smallest absolute Gasteiger partial charge is 0.141 e. The lowest BCUT2D eigenvalue weighted by Crippen LogP contribution is -2.08. The Morgan fingerprint density at radius 2 is 2.24 bits per heavy atom. The molecule has 5 nitrogen and oxygen atoms in total. The second kappa shape index (κ2) is 4.75. The molecule has 1 unspecified atom stereocenters. The molecule has 0 saturated carbocycles. The van der Waals surface area contributed by atoms with Gasteiger partial charge in [0, 0.05) is 11.8 Å². The highest BCUT2D eigenvalue weighted by molar-refractivity contribution is 9.10. The molecule has 0 aliphatic rings. The molecular formula is C11H14BrN5. The normalized spacial score (nSPS) is 12.4. The molecule has 4 N–H and O–H groups in total. The summed E-state index contributed by atoms with van der Waals surface area (Å²) in [4.78, 5) is 4.27. The Labute approximate surface area is 108 Å². The molecule has 17 heavy (non-hydrogen) atoms. The minimum Gasteiger partial charge on any atom is -0.397 e. The third-order valence-corrected chi connectivity index (χ3v) is 3.65. The number of aromatic amines is 1. The summed E-state index contributed by atoms with van der Waals surface area (Å²) in [7, 11) is 0. The van der Waals surface area contributed by atoms with Crippen LogP contribution in [-0.4, -0.2) is 15.2 Å². The first kappa shape index (κ1) is 11.9. The van der Waals surface area contributed by atoms with Crippen LogP contribution in [0.1, 0.15) is 24.1 Å². The van der Waals surface area contributed by atoms with E-state index in [1.165, 1.54) is 0 Å². The summed E-state index contributed by atoms with van der Waals surface area (Å²) in [5.74, 6) is 0.783. The SMILES string of the molecule is Cc1c(N)cnc(NC(C)c2cn[nH]c2)c1Br. The lowest BCUT2D eigenvalue weighted by atomic mass is 10.2. The first-order chi connectivity index (χ1) is 8.09. The molecule has 0 bridgehead atoms. The van der Waals surface area contributed by atoms with Gasteiger partial charge in [-0.2, -0.15) is 5.10 Å². The minimum absolute atomic E-state index is 0.126. The highest BCUT2D eigenvalue weighted by Crippen LogP contribution is 2.29. The van der Waals surface area contributed by atoms with Gasteiger partial charge in [-0.1, -0.05) is 0 Å². The van der Waals surface area contributed by atoms with Crippen LogP contribution in [0.5, 0.6) is 0 Å². The zero-order chi connectivity index (χ0) is 12.4. The zero-order valence-corrected chi connectivity index (χ0v) is 11.2. The van der Waals surface area contributed by atoms with E-state index in [2.05, 4.69) is 36.4 Å². The van der Waals surface area contributed by atoms with Crippen molar-refractivity contribution in [2.24, 2.45) is 0 Å². The third-order valence-electron chi connectivity index (χ3n) is 2.68. The van der Waals surface area contributed by atoms with Crippen LogP contribution in [0.25, 0.3) is 0 Å². The van der Waals surface area contributed by atoms with Crippen LogP contribution in [0.2, 0.25) is 0 Å². The van der Waals surface area contributed by atoms with Gasteiger partial charge in [0.15, 0.2) is 0 Å². The number of hydrogen-bond donors (Lipinski definition) is 3. The van der Waals surface area contributed by atoms with Crippen LogP contribution < -0.4 is 11.1 Å². The predicted octanol–water partition coefficient (Wildman–Crippen LogP) is 2.63. The van der Waals surface area contributed by atoms with Gasteiger partial charge in [0.25, 0.3) is 0 Å². The maximum atomic E-state index is 5.78. The predicted molar refractivity (Wildman–Crippen MR) is 71.7 cm³/mol. The molecular weight excluding hydrogens is 282 g/mol. The summed E-state index contributed by atoms with van der Waals surface area (Å²) in [5.41, 5.74) is 8.52. The number of rotatable bonds is 3. The largest absolute Gasteiger partial charge is 0.397 e. The second-order valence-electron chi connectivity index (χ2n) is 3.90. The monoisotopic (exact) mass is 295 g/mol. The molecule has 0 aromatic carbocycles. The molecule has 90 valence electrons. The molecule has 0 aliphatic heterocycles.